The summed E-state index contributed by atoms with van der Waals surface area (Å²) in [7, 11) is 1.89. The zero-order valence-corrected chi connectivity index (χ0v) is 21.9. The molecule has 38 heavy (non-hydrogen) atoms. The van der Waals surface area contributed by atoms with Crippen LogP contribution >= 0.6 is 0 Å². The van der Waals surface area contributed by atoms with E-state index in [2.05, 4.69) is 34.7 Å². The van der Waals surface area contributed by atoms with Crippen LogP contribution in [0, 0.1) is 0 Å². The molecule has 0 saturated carbocycles. The number of aliphatic imine (C=N–C) groups is 1. The summed E-state index contributed by atoms with van der Waals surface area (Å²) < 4.78 is 0. The second-order valence-corrected chi connectivity index (χ2v) is 9.71. The molecule has 7 heteroatoms. The molecular weight excluding hydrogens is 474 g/mol. The SMILES string of the molecule is CCCCNC(=O)c1ccc2c(c1)CC(c1ccc(-c3nc4ccc(C(=O)CCCNC)cc4[nH]3)cc1)=N2. The number of ketones is 1. The van der Waals surface area contributed by atoms with Crippen LogP contribution in [0.5, 0.6) is 0 Å². The molecule has 0 fully saturated rings. The molecule has 0 spiro atoms. The maximum atomic E-state index is 12.5. The Morgan fingerprint density at radius 1 is 0.921 bits per heavy atom. The standard InChI is InChI=1S/C31H33N5O2/c1-3-4-16-33-31(38)23-12-13-25-24(17-23)19-27(34-25)20-7-9-21(10-8-20)30-35-26-14-11-22(18-28(26)36-30)29(37)6-5-15-32-2/h7-14,17-18,32H,3-6,15-16,19H2,1-2H3,(H,33,38)(H,35,36). The van der Waals surface area contributed by atoms with Gasteiger partial charge in [0.05, 0.1) is 22.4 Å². The Morgan fingerprint density at radius 3 is 2.50 bits per heavy atom. The minimum atomic E-state index is -0.0323. The van der Waals surface area contributed by atoms with Crippen LogP contribution < -0.4 is 10.6 Å². The number of Topliss-reactive ketones (excluding diaryl/α,β-unsaturated/α-hetero) is 1. The smallest absolute Gasteiger partial charge is 0.251 e. The number of aromatic nitrogens is 2. The molecule has 3 N–H and O–H groups in total. The second kappa shape index (κ2) is 11.5. The van der Waals surface area contributed by atoms with Crippen molar-refractivity contribution >= 4 is 34.1 Å². The number of unbranched alkanes of at least 4 members (excludes halogenated alkanes) is 1. The fourth-order valence-electron chi connectivity index (χ4n) is 4.70. The van der Waals surface area contributed by atoms with Gasteiger partial charge in [0, 0.05) is 36.1 Å². The number of imidazole rings is 1. The molecule has 4 aromatic rings. The van der Waals surface area contributed by atoms with E-state index in [-0.39, 0.29) is 11.7 Å². The third-order valence-corrected chi connectivity index (χ3v) is 6.90. The predicted octanol–water partition coefficient (Wildman–Crippen LogP) is 5.62. The number of amides is 1. The number of hydrogen-bond acceptors (Lipinski definition) is 5. The van der Waals surface area contributed by atoms with Gasteiger partial charge in [-0.3, -0.25) is 14.6 Å². The van der Waals surface area contributed by atoms with Crippen LogP contribution in [0.2, 0.25) is 0 Å². The van der Waals surface area contributed by atoms with E-state index in [0.717, 1.165) is 70.8 Å². The topological polar surface area (TPSA) is 99.2 Å². The monoisotopic (exact) mass is 507 g/mol. The normalized spacial score (nSPS) is 12.4. The molecule has 0 radical (unpaired) electrons. The molecule has 0 atom stereocenters. The quantitative estimate of drug-likeness (QED) is 0.181. The van der Waals surface area contributed by atoms with Gasteiger partial charge in [0.25, 0.3) is 5.91 Å². The van der Waals surface area contributed by atoms with Crippen LogP contribution in [0.4, 0.5) is 5.69 Å². The van der Waals surface area contributed by atoms with Gasteiger partial charge in [0.15, 0.2) is 5.78 Å². The van der Waals surface area contributed by atoms with Gasteiger partial charge in [-0.25, -0.2) is 4.98 Å². The first kappa shape index (κ1) is 25.5. The highest BCUT2D eigenvalue weighted by Gasteiger charge is 2.18. The number of carbonyl (C=O) groups is 2. The molecule has 194 valence electrons. The van der Waals surface area contributed by atoms with Gasteiger partial charge in [0.2, 0.25) is 0 Å². The summed E-state index contributed by atoms with van der Waals surface area (Å²) in [6.07, 6.45) is 4.07. The number of H-pyrrole nitrogens is 1. The molecule has 0 bridgehead atoms. The van der Waals surface area contributed by atoms with E-state index in [4.69, 9.17) is 9.98 Å². The number of rotatable bonds is 11. The van der Waals surface area contributed by atoms with Gasteiger partial charge in [-0.2, -0.15) is 0 Å². The van der Waals surface area contributed by atoms with E-state index in [9.17, 15) is 9.59 Å². The van der Waals surface area contributed by atoms with Crippen molar-refractivity contribution in [2.75, 3.05) is 20.1 Å². The Labute approximate surface area is 222 Å². The van der Waals surface area contributed by atoms with E-state index in [1.807, 2.05) is 55.6 Å². The van der Waals surface area contributed by atoms with E-state index in [1.165, 1.54) is 0 Å². The third-order valence-electron chi connectivity index (χ3n) is 6.90. The summed E-state index contributed by atoms with van der Waals surface area (Å²) in [5.41, 5.74) is 8.07. The molecule has 1 aliphatic rings. The van der Waals surface area contributed by atoms with Crippen molar-refractivity contribution in [2.24, 2.45) is 4.99 Å². The van der Waals surface area contributed by atoms with E-state index >= 15 is 0 Å². The molecule has 1 aromatic heterocycles. The number of nitrogens with one attached hydrogen (secondary N) is 3. The van der Waals surface area contributed by atoms with Crippen LogP contribution in [-0.2, 0) is 6.42 Å². The van der Waals surface area contributed by atoms with Gasteiger partial charge in [0.1, 0.15) is 5.82 Å². The van der Waals surface area contributed by atoms with E-state index in [0.29, 0.717) is 30.5 Å². The van der Waals surface area contributed by atoms with Gasteiger partial charge in [-0.1, -0.05) is 37.6 Å². The lowest BCUT2D eigenvalue weighted by Crippen LogP contribution is -2.24. The number of nitrogens with zero attached hydrogens (tertiary/aromatic N) is 2. The fourth-order valence-corrected chi connectivity index (χ4v) is 4.70. The second-order valence-electron chi connectivity index (χ2n) is 9.71. The highest BCUT2D eigenvalue weighted by Crippen LogP contribution is 2.30. The molecule has 7 nitrogen and oxygen atoms in total. The van der Waals surface area contributed by atoms with Crippen LogP contribution in [0.1, 0.15) is 64.4 Å². The number of fused-ring (bicyclic) bond motifs is 2. The van der Waals surface area contributed by atoms with Crippen molar-refractivity contribution < 1.29 is 9.59 Å². The first-order valence-electron chi connectivity index (χ1n) is 13.3. The lowest BCUT2D eigenvalue weighted by molar-refractivity contribution is 0.0951. The Hall–Kier alpha value is -4.10. The number of carbonyl (C=O) groups excluding carboxylic acids is 2. The summed E-state index contributed by atoms with van der Waals surface area (Å²) in [5, 5.41) is 6.06. The molecule has 2 heterocycles. The molecule has 0 unspecified atom stereocenters. The van der Waals surface area contributed by atoms with Gasteiger partial charge in [-0.05, 0) is 74.0 Å². The van der Waals surface area contributed by atoms with Crippen LogP contribution in [0.3, 0.4) is 0 Å². The average Bonchev–Trinajstić information content (AvgIpc) is 3.57. The third kappa shape index (κ3) is 5.58. The fraction of sp³-hybridized carbons (Fsp3) is 0.290. The summed E-state index contributed by atoms with van der Waals surface area (Å²) >= 11 is 0. The highest BCUT2D eigenvalue weighted by atomic mass is 16.1. The summed E-state index contributed by atoms with van der Waals surface area (Å²) in [5.74, 6) is 0.877. The zero-order valence-electron chi connectivity index (χ0n) is 21.9. The molecule has 0 saturated heterocycles. The van der Waals surface area contributed by atoms with Gasteiger partial charge < -0.3 is 15.6 Å². The Balaban J connectivity index is 1.27. The van der Waals surface area contributed by atoms with Crippen LogP contribution in [0.15, 0.2) is 65.7 Å². The Kier molecular flexibility index (Phi) is 7.75. The van der Waals surface area contributed by atoms with E-state index in [1.54, 1.807) is 0 Å². The van der Waals surface area contributed by atoms with Crippen molar-refractivity contribution in [3.8, 4) is 11.4 Å². The summed E-state index contributed by atoms with van der Waals surface area (Å²) in [6, 6.07) is 19.6. The Bertz CT molecular complexity index is 1500. The van der Waals surface area contributed by atoms with Crippen LogP contribution in [-0.4, -0.2) is 47.5 Å². The van der Waals surface area contributed by atoms with E-state index < -0.39 is 0 Å². The van der Waals surface area contributed by atoms with Gasteiger partial charge in [-0.15, -0.1) is 0 Å². The minimum Gasteiger partial charge on any atom is -0.352 e. The summed E-state index contributed by atoms with van der Waals surface area (Å²) in [6.45, 7) is 3.63. The van der Waals surface area contributed by atoms with Crippen molar-refractivity contribution in [1.82, 2.24) is 20.6 Å². The molecule has 1 amide bonds. The molecule has 1 aliphatic heterocycles. The summed E-state index contributed by atoms with van der Waals surface area (Å²) in [4.78, 5) is 37.8. The van der Waals surface area contributed by atoms with Gasteiger partial charge >= 0.3 is 0 Å². The number of aromatic amines is 1. The first-order valence-corrected chi connectivity index (χ1v) is 13.3. The van der Waals surface area contributed by atoms with Crippen molar-refractivity contribution in [1.29, 1.82) is 0 Å². The lowest BCUT2D eigenvalue weighted by atomic mass is 10.0. The Morgan fingerprint density at radius 2 is 1.71 bits per heavy atom. The molecular formula is C31H33N5O2. The predicted molar refractivity (Wildman–Crippen MR) is 153 cm³/mol. The van der Waals surface area contributed by atoms with Crippen LogP contribution in [0.25, 0.3) is 22.4 Å². The minimum absolute atomic E-state index is 0.0323. The first-order chi connectivity index (χ1) is 18.6. The zero-order chi connectivity index (χ0) is 26.5. The number of hydrogen-bond donors (Lipinski definition) is 3. The maximum Gasteiger partial charge on any atom is 0.251 e. The number of benzene rings is 3. The largest absolute Gasteiger partial charge is 0.352 e. The molecule has 5 rings (SSSR count). The van der Waals surface area contributed by atoms with Crippen molar-refractivity contribution in [3.63, 3.8) is 0 Å². The average molecular weight is 508 g/mol. The molecule has 0 aliphatic carbocycles. The van der Waals surface area contributed by atoms with Crippen molar-refractivity contribution in [2.45, 2.75) is 39.0 Å². The lowest BCUT2D eigenvalue weighted by Gasteiger charge is -2.06. The van der Waals surface area contributed by atoms with Crippen molar-refractivity contribution in [3.05, 3.63) is 82.9 Å². The maximum absolute atomic E-state index is 12.5. The molecule has 3 aromatic carbocycles. The highest BCUT2D eigenvalue weighted by molar-refractivity contribution is 6.07.